The summed E-state index contributed by atoms with van der Waals surface area (Å²) >= 11 is 0. The van der Waals surface area contributed by atoms with E-state index >= 15 is 0 Å². The molecule has 1 aliphatic heterocycles. The molecule has 0 atom stereocenters. The fraction of sp³-hybridized carbons (Fsp3) is 0.471. The molecule has 116 valence electrons. The van der Waals surface area contributed by atoms with Crippen molar-refractivity contribution in [2.45, 2.75) is 33.1 Å². The van der Waals surface area contributed by atoms with Crippen molar-refractivity contribution < 1.29 is 9.32 Å². The minimum Gasteiger partial charge on any atom is -0.341 e. The van der Waals surface area contributed by atoms with Gasteiger partial charge in [-0.2, -0.15) is 4.98 Å². The molecule has 1 saturated heterocycles. The monoisotopic (exact) mass is 299 g/mol. The number of hydrogen-bond donors (Lipinski definition) is 0. The normalized spacial score (nSPS) is 15.7. The quantitative estimate of drug-likeness (QED) is 0.874. The molecule has 22 heavy (non-hydrogen) atoms. The van der Waals surface area contributed by atoms with Gasteiger partial charge in [0.2, 0.25) is 11.8 Å². The average molecular weight is 299 g/mol. The number of carbonyl (C=O) groups excluding carboxylic acids is 1. The number of carbonyl (C=O) groups is 1. The number of likely N-dealkylation sites (tertiary alicyclic amines) is 1. The van der Waals surface area contributed by atoms with Crippen molar-refractivity contribution >= 4 is 5.91 Å². The van der Waals surface area contributed by atoms with Gasteiger partial charge in [0.25, 0.3) is 0 Å². The minimum atomic E-state index is -0.335. The van der Waals surface area contributed by atoms with Crippen molar-refractivity contribution in [2.75, 3.05) is 13.1 Å². The molecule has 2 heterocycles. The van der Waals surface area contributed by atoms with E-state index in [4.69, 9.17) is 4.52 Å². The number of amides is 1. The highest BCUT2D eigenvalue weighted by Crippen LogP contribution is 2.30. The lowest BCUT2D eigenvalue weighted by Gasteiger charge is -2.40. The third kappa shape index (κ3) is 3.03. The Morgan fingerprint density at radius 3 is 2.59 bits per heavy atom. The summed E-state index contributed by atoms with van der Waals surface area (Å²) in [5, 5.41) is 4.04. The van der Waals surface area contributed by atoms with E-state index in [1.165, 1.54) is 0 Å². The molecule has 1 aliphatic rings. The van der Waals surface area contributed by atoms with Gasteiger partial charge >= 0.3 is 0 Å². The van der Waals surface area contributed by atoms with E-state index in [-0.39, 0.29) is 17.2 Å². The molecule has 2 aromatic rings. The first-order valence-corrected chi connectivity index (χ1v) is 7.59. The van der Waals surface area contributed by atoms with Crippen molar-refractivity contribution in [3.63, 3.8) is 0 Å². The summed E-state index contributed by atoms with van der Waals surface area (Å²) in [5.74, 6) is 1.68. The number of benzene rings is 1. The first kappa shape index (κ1) is 14.8. The van der Waals surface area contributed by atoms with Gasteiger partial charge in [0.15, 0.2) is 5.82 Å². The fourth-order valence-electron chi connectivity index (χ4n) is 2.56. The van der Waals surface area contributed by atoms with E-state index in [2.05, 4.69) is 10.1 Å². The van der Waals surface area contributed by atoms with Crippen molar-refractivity contribution in [3.05, 3.63) is 47.6 Å². The minimum absolute atomic E-state index is 0.170. The molecule has 1 aromatic heterocycles. The lowest BCUT2D eigenvalue weighted by Crippen LogP contribution is -2.52. The zero-order valence-electron chi connectivity index (χ0n) is 13.2. The number of aromatic nitrogens is 2. The highest BCUT2D eigenvalue weighted by atomic mass is 16.5. The van der Waals surface area contributed by atoms with E-state index in [9.17, 15) is 4.79 Å². The van der Waals surface area contributed by atoms with E-state index in [0.29, 0.717) is 31.2 Å². The Bertz CT molecular complexity index is 652. The molecule has 1 amide bonds. The first-order valence-electron chi connectivity index (χ1n) is 7.59. The van der Waals surface area contributed by atoms with E-state index < -0.39 is 0 Å². The van der Waals surface area contributed by atoms with Crippen LogP contribution in [-0.2, 0) is 11.2 Å². The molecule has 3 rings (SSSR count). The average Bonchev–Trinajstić information content (AvgIpc) is 2.85. The third-order valence-electron chi connectivity index (χ3n) is 3.85. The topological polar surface area (TPSA) is 59.2 Å². The Balaban J connectivity index is 1.59. The van der Waals surface area contributed by atoms with Crippen LogP contribution in [0.25, 0.3) is 0 Å². The summed E-state index contributed by atoms with van der Waals surface area (Å²) in [6, 6.07) is 10.1. The van der Waals surface area contributed by atoms with Crippen molar-refractivity contribution in [3.8, 4) is 0 Å². The van der Waals surface area contributed by atoms with Gasteiger partial charge in [-0.15, -0.1) is 0 Å². The second-order valence-corrected chi connectivity index (χ2v) is 6.87. The first-order chi connectivity index (χ1) is 10.4. The van der Waals surface area contributed by atoms with Crippen LogP contribution in [0.4, 0.5) is 0 Å². The highest BCUT2D eigenvalue weighted by molar-refractivity contribution is 5.82. The zero-order valence-corrected chi connectivity index (χ0v) is 13.2. The molecule has 0 N–H and O–H groups in total. The maximum atomic E-state index is 12.1. The molecule has 0 bridgehead atoms. The number of rotatable bonds is 3. The molecule has 1 fully saturated rings. The molecule has 5 heteroatoms. The molecule has 0 radical (unpaired) electrons. The molecule has 0 saturated carbocycles. The number of hydrogen-bond acceptors (Lipinski definition) is 4. The second-order valence-electron chi connectivity index (χ2n) is 6.87. The van der Waals surface area contributed by atoms with E-state index in [1.54, 1.807) is 0 Å². The van der Waals surface area contributed by atoms with Gasteiger partial charge in [-0.05, 0) is 5.56 Å². The molecule has 0 spiro atoms. The Kier molecular flexibility index (Phi) is 3.72. The van der Waals surface area contributed by atoms with Crippen molar-refractivity contribution in [1.29, 1.82) is 0 Å². The van der Waals surface area contributed by atoms with Gasteiger partial charge in [0, 0.05) is 24.9 Å². The molecular weight excluding hydrogens is 278 g/mol. The van der Waals surface area contributed by atoms with Crippen LogP contribution in [0.2, 0.25) is 0 Å². The Hall–Kier alpha value is -2.17. The highest BCUT2D eigenvalue weighted by Gasteiger charge is 2.39. The number of nitrogens with zero attached hydrogens (tertiary/aromatic N) is 3. The molecule has 5 nitrogen and oxygen atoms in total. The van der Waals surface area contributed by atoms with Crippen molar-refractivity contribution in [2.24, 2.45) is 5.41 Å². The maximum absolute atomic E-state index is 12.1. The summed E-state index contributed by atoms with van der Waals surface area (Å²) in [7, 11) is 0. The van der Waals surface area contributed by atoms with Crippen LogP contribution in [0, 0.1) is 5.41 Å². The standard InChI is InChI=1S/C17H21N3O2/c1-17(2,3)16(21)20-10-13(11-20)15-18-14(19-22-15)9-12-7-5-4-6-8-12/h4-8,13H,9-11H2,1-3H3. The van der Waals surface area contributed by atoms with Gasteiger partial charge < -0.3 is 9.42 Å². The second kappa shape index (κ2) is 5.55. The smallest absolute Gasteiger partial charge is 0.233 e. The Labute approximate surface area is 130 Å². The lowest BCUT2D eigenvalue weighted by atomic mass is 9.90. The predicted molar refractivity (Wildman–Crippen MR) is 82.3 cm³/mol. The molecule has 0 aliphatic carbocycles. The van der Waals surface area contributed by atoms with Crippen LogP contribution < -0.4 is 0 Å². The lowest BCUT2D eigenvalue weighted by molar-refractivity contribution is -0.144. The fourth-order valence-corrected chi connectivity index (χ4v) is 2.56. The van der Waals surface area contributed by atoms with Gasteiger partial charge in [-0.3, -0.25) is 4.79 Å². The van der Waals surface area contributed by atoms with Crippen LogP contribution in [0.1, 0.15) is 44.0 Å². The van der Waals surface area contributed by atoms with Gasteiger partial charge in [-0.25, -0.2) is 0 Å². The maximum Gasteiger partial charge on any atom is 0.233 e. The van der Waals surface area contributed by atoms with E-state index in [1.807, 2.05) is 56.0 Å². The van der Waals surface area contributed by atoms with Crippen molar-refractivity contribution in [1.82, 2.24) is 15.0 Å². The molecule has 1 aromatic carbocycles. The van der Waals surface area contributed by atoms with Gasteiger partial charge in [-0.1, -0.05) is 56.3 Å². The predicted octanol–water partition coefficient (Wildman–Crippen LogP) is 2.63. The Morgan fingerprint density at radius 1 is 1.27 bits per heavy atom. The zero-order chi connectivity index (χ0) is 15.7. The largest absolute Gasteiger partial charge is 0.341 e. The SMILES string of the molecule is CC(C)(C)C(=O)N1CC(c2nc(Cc3ccccc3)no2)C1. The van der Waals surface area contributed by atoms with E-state index in [0.717, 1.165) is 5.56 Å². The van der Waals surface area contributed by atoms with Crippen LogP contribution in [0.15, 0.2) is 34.9 Å². The molecule has 0 unspecified atom stereocenters. The third-order valence-corrected chi connectivity index (χ3v) is 3.85. The summed E-state index contributed by atoms with van der Waals surface area (Å²) in [5.41, 5.74) is 0.825. The summed E-state index contributed by atoms with van der Waals surface area (Å²) in [6.07, 6.45) is 0.668. The van der Waals surface area contributed by atoms with Gasteiger partial charge in [0.05, 0.1) is 5.92 Å². The summed E-state index contributed by atoms with van der Waals surface area (Å²) in [6.45, 7) is 7.15. The van der Waals surface area contributed by atoms with Crippen LogP contribution in [0.5, 0.6) is 0 Å². The van der Waals surface area contributed by atoms with Gasteiger partial charge in [0.1, 0.15) is 0 Å². The summed E-state index contributed by atoms with van der Waals surface area (Å²) in [4.78, 5) is 18.5. The Morgan fingerprint density at radius 2 is 1.95 bits per heavy atom. The molecular formula is C17H21N3O2. The van der Waals surface area contributed by atoms with Crippen LogP contribution in [0.3, 0.4) is 0 Å². The van der Waals surface area contributed by atoms with Crippen LogP contribution in [-0.4, -0.2) is 34.0 Å². The van der Waals surface area contributed by atoms with Crippen LogP contribution >= 0.6 is 0 Å². The summed E-state index contributed by atoms with van der Waals surface area (Å²) < 4.78 is 5.36.